The van der Waals surface area contributed by atoms with Crippen molar-refractivity contribution in [1.82, 2.24) is 5.32 Å². The van der Waals surface area contributed by atoms with E-state index in [-0.39, 0.29) is 17.8 Å². The molecule has 0 radical (unpaired) electrons. The van der Waals surface area contributed by atoms with Crippen LogP contribution in [0.15, 0.2) is 84.9 Å². The summed E-state index contributed by atoms with van der Waals surface area (Å²) in [5, 5.41) is 6.37. The summed E-state index contributed by atoms with van der Waals surface area (Å²) in [6.45, 7) is 2.27. The van der Waals surface area contributed by atoms with E-state index in [4.69, 9.17) is 0 Å². The molecule has 0 fully saturated rings. The van der Waals surface area contributed by atoms with Crippen LogP contribution < -0.4 is 10.6 Å². The highest BCUT2D eigenvalue weighted by atomic mass is 19.4. The zero-order valence-corrected chi connectivity index (χ0v) is 20.7. The van der Waals surface area contributed by atoms with Crippen molar-refractivity contribution in [3.63, 3.8) is 0 Å². The predicted molar refractivity (Wildman–Crippen MR) is 140 cm³/mol. The minimum absolute atomic E-state index is 0.165. The number of hydrogen-bond acceptors (Lipinski definition) is 2. The van der Waals surface area contributed by atoms with Gasteiger partial charge < -0.3 is 10.6 Å². The van der Waals surface area contributed by atoms with Crippen molar-refractivity contribution in [1.29, 1.82) is 0 Å². The van der Waals surface area contributed by atoms with Gasteiger partial charge in [-0.25, -0.2) is 4.39 Å². The number of carbonyl (C=O) groups excluding carboxylic acids is 1. The van der Waals surface area contributed by atoms with Crippen LogP contribution in [0.5, 0.6) is 0 Å². The van der Waals surface area contributed by atoms with Gasteiger partial charge in [0.25, 0.3) is 5.91 Å². The van der Waals surface area contributed by atoms with Crippen molar-refractivity contribution in [2.75, 3.05) is 5.32 Å². The summed E-state index contributed by atoms with van der Waals surface area (Å²) < 4.78 is 53.0. The molecule has 4 aromatic rings. The number of rotatable bonds is 6. The Balaban J connectivity index is 1.30. The molecule has 0 heterocycles. The minimum atomic E-state index is -4.43. The average Bonchev–Trinajstić information content (AvgIpc) is 3.30. The molecule has 1 amide bonds. The fourth-order valence-corrected chi connectivity index (χ4v) is 5.00. The first-order valence-corrected chi connectivity index (χ1v) is 12.4. The number of alkyl halides is 3. The van der Waals surface area contributed by atoms with Crippen molar-refractivity contribution in [2.24, 2.45) is 0 Å². The second kappa shape index (κ2) is 10.4. The first kappa shape index (κ1) is 25.7. The van der Waals surface area contributed by atoms with E-state index in [1.807, 2.05) is 37.3 Å². The number of amides is 1. The second-order valence-corrected chi connectivity index (χ2v) is 9.59. The Kier molecular flexibility index (Phi) is 7.04. The Morgan fingerprint density at radius 1 is 0.895 bits per heavy atom. The van der Waals surface area contributed by atoms with Crippen molar-refractivity contribution >= 4 is 11.6 Å². The molecular weight excluding hydrogens is 492 g/mol. The predicted octanol–water partition coefficient (Wildman–Crippen LogP) is 7.33. The molecule has 3 nitrogen and oxygen atoms in total. The molecule has 0 aliphatic heterocycles. The Labute approximate surface area is 218 Å². The Bertz CT molecular complexity index is 1480. The van der Waals surface area contributed by atoms with E-state index in [1.165, 1.54) is 23.8 Å². The molecule has 1 aliphatic carbocycles. The molecule has 7 heteroatoms. The molecule has 2 N–H and O–H groups in total. The van der Waals surface area contributed by atoms with Gasteiger partial charge in [-0.3, -0.25) is 4.79 Å². The Hall–Kier alpha value is -3.97. The number of nitrogens with one attached hydrogen (secondary N) is 2. The molecule has 1 aliphatic rings. The number of fused-ring (bicyclic) bond motifs is 1. The number of carbonyl (C=O) groups is 1. The van der Waals surface area contributed by atoms with E-state index in [2.05, 4.69) is 10.6 Å². The summed E-state index contributed by atoms with van der Waals surface area (Å²) in [5.74, 6) is -0.567. The van der Waals surface area contributed by atoms with Crippen LogP contribution in [0.2, 0.25) is 0 Å². The number of benzene rings is 4. The first-order chi connectivity index (χ1) is 18.2. The van der Waals surface area contributed by atoms with Crippen molar-refractivity contribution in [3.8, 4) is 11.1 Å². The molecule has 4 aromatic carbocycles. The zero-order chi connectivity index (χ0) is 26.9. The molecule has 38 heavy (non-hydrogen) atoms. The number of hydrogen-bond donors (Lipinski definition) is 2. The van der Waals surface area contributed by atoms with E-state index < -0.39 is 11.7 Å². The van der Waals surface area contributed by atoms with E-state index in [1.54, 1.807) is 24.3 Å². The highest BCUT2D eigenvalue weighted by molar-refractivity contribution is 6.09. The highest BCUT2D eigenvalue weighted by Gasteiger charge is 2.30. The molecule has 5 rings (SSSR count). The lowest BCUT2D eigenvalue weighted by molar-refractivity contribution is -0.137. The van der Waals surface area contributed by atoms with Crippen LogP contribution in [0, 0.1) is 12.7 Å². The number of anilines is 1. The minimum Gasteiger partial charge on any atom is -0.322 e. The number of halogens is 4. The molecule has 0 spiro atoms. The van der Waals surface area contributed by atoms with E-state index in [0.717, 1.165) is 36.1 Å². The van der Waals surface area contributed by atoms with Crippen LogP contribution in [0.3, 0.4) is 0 Å². The third-order valence-electron chi connectivity index (χ3n) is 6.95. The van der Waals surface area contributed by atoms with Crippen molar-refractivity contribution < 1.29 is 22.4 Å². The van der Waals surface area contributed by atoms with Gasteiger partial charge in [-0.2, -0.15) is 13.2 Å². The molecule has 1 atom stereocenters. The van der Waals surface area contributed by atoms with Crippen molar-refractivity contribution in [3.05, 3.63) is 124 Å². The fourth-order valence-electron chi connectivity index (χ4n) is 5.00. The van der Waals surface area contributed by atoms with Gasteiger partial charge in [0.1, 0.15) is 5.82 Å². The van der Waals surface area contributed by atoms with Gasteiger partial charge in [0.15, 0.2) is 0 Å². The average molecular weight is 519 g/mol. The van der Waals surface area contributed by atoms with Crippen LogP contribution in [0.1, 0.15) is 38.2 Å². The van der Waals surface area contributed by atoms with Gasteiger partial charge in [-0.05, 0) is 84.0 Å². The first-order valence-electron chi connectivity index (χ1n) is 12.4. The number of aryl methyl sites for hydroxylation is 1. The zero-order valence-electron chi connectivity index (χ0n) is 20.7. The van der Waals surface area contributed by atoms with Gasteiger partial charge in [0.2, 0.25) is 0 Å². The topological polar surface area (TPSA) is 41.1 Å². The van der Waals surface area contributed by atoms with Gasteiger partial charge >= 0.3 is 6.18 Å². The van der Waals surface area contributed by atoms with Crippen LogP contribution >= 0.6 is 0 Å². The lowest BCUT2D eigenvalue weighted by Gasteiger charge is -2.15. The summed E-state index contributed by atoms with van der Waals surface area (Å²) in [5.41, 5.74) is 5.12. The van der Waals surface area contributed by atoms with Gasteiger partial charge in [-0.1, -0.05) is 48.5 Å². The van der Waals surface area contributed by atoms with Crippen LogP contribution in [-0.2, 0) is 25.6 Å². The summed E-state index contributed by atoms with van der Waals surface area (Å²) in [4.78, 5) is 13.3. The second-order valence-electron chi connectivity index (χ2n) is 9.59. The van der Waals surface area contributed by atoms with Crippen LogP contribution in [0.4, 0.5) is 23.2 Å². The molecule has 0 saturated heterocycles. The Morgan fingerprint density at radius 3 is 2.37 bits per heavy atom. The molecule has 1 unspecified atom stereocenters. The van der Waals surface area contributed by atoms with E-state index >= 15 is 0 Å². The lowest BCUT2D eigenvalue weighted by atomic mass is 9.93. The smallest absolute Gasteiger partial charge is 0.322 e. The standard InChI is InChI=1S/C31H26F4N2O/c1-19-5-4-7-27(29(19)20-9-12-24(13-10-20)31(33,34)35)30(38)37-25-14-11-21-15-26(17-23(21)16-25)36-18-22-6-2-3-8-28(22)32/h2-14,16,26,36H,15,17-18H2,1H3,(H,37,38). The van der Waals surface area contributed by atoms with Crippen molar-refractivity contribution in [2.45, 2.75) is 38.5 Å². The largest absolute Gasteiger partial charge is 0.416 e. The van der Waals surface area contributed by atoms with Gasteiger partial charge in [0, 0.05) is 29.4 Å². The summed E-state index contributed by atoms with van der Waals surface area (Å²) >= 11 is 0. The summed E-state index contributed by atoms with van der Waals surface area (Å²) in [6, 6.07) is 22.8. The quantitative estimate of drug-likeness (QED) is 0.263. The molecule has 0 aromatic heterocycles. The summed E-state index contributed by atoms with van der Waals surface area (Å²) in [7, 11) is 0. The van der Waals surface area contributed by atoms with E-state index in [0.29, 0.717) is 34.5 Å². The molecule has 194 valence electrons. The maximum atomic E-state index is 13.9. The maximum Gasteiger partial charge on any atom is 0.416 e. The normalized spacial score (nSPS) is 14.8. The highest BCUT2D eigenvalue weighted by Crippen LogP contribution is 2.34. The van der Waals surface area contributed by atoms with Gasteiger partial charge in [-0.15, -0.1) is 0 Å². The van der Waals surface area contributed by atoms with Crippen LogP contribution in [-0.4, -0.2) is 11.9 Å². The molecule has 0 bridgehead atoms. The third-order valence-corrected chi connectivity index (χ3v) is 6.95. The SMILES string of the molecule is Cc1cccc(C(=O)Nc2ccc3c(c2)CC(NCc2ccccc2F)C3)c1-c1ccc(C(F)(F)F)cc1. The third kappa shape index (κ3) is 5.48. The monoisotopic (exact) mass is 518 g/mol. The van der Waals surface area contributed by atoms with Gasteiger partial charge in [0.05, 0.1) is 5.56 Å². The Morgan fingerprint density at radius 2 is 1.63 bits per heavy atom. The van der Waals surface area contributed by atoms with Crippen LogP contribution in [0.25, 0.3) is 11.1 Å². The molecule has 0 saturated carbocycles. The summed E-state index contributed by atoms with van der Waals surface area (Å²) in [6.07, 6.45) is -2.85. The lowest BCUT2D eigenvalue weighted by Crippen LogP contribution is -2.29. The van der Waals surface area contributed by atoms with E-state index in [9.17, 15) is 22.4 Å². The maximum absolute atomic E-state index is 13.9. The fraction of sp³-hybridized carbons (Fsp3) is 0.194. The molecular formula is C31H26F4N2O.